The molecule has 3 nitrogen and oxygen atoms in total. The van der Waals surface area contributed by atoms with Gasteiger partial charge < -0.3 is 10.2 Å². The van der Waals surface area contributed by atoms with Crippen molar-refractivity contribution in [3.8, 4) is 0 Å². The number of Topliss-reactive ketones (excluding diaryl/α,β-unsaturated/α-hetero) is 1. The highest BCUT2D eigenvalue weighted by molar-refractivity contribution is 5.82. The van der Waals surface area contributed by atoms with E-state index in [2.05, 4.69) is 0 Å². The molecular weight excluding hydrogens is 240 g/mol. The Balaban J connectivity index is 2.61. The molecule has 19 heavy (non-hydrogen) atoms. The van der Waals surface area contributed by atoms with Gasteiger partial charge in [0.05, 0.1) is 0 Å². The first-order chi connectivity index (χ1) is 9.06. The van der Waals surface area contributed by atoms with Crippen molar-refractivity contribution >= 4 is 5.78 Å². The molecule has 3 heteroatoms. The Bertz CT molecular complexity index is 509. The number of aliphatic hydroxyl groups is 2. The highest BCUT2D eigenvalue weighted by Crippen LogP contribution is 2.33. The standard InChI is InChI=1S/C16H16O3/c1-12(17)15(18)16(19,13-8-4-2-5-9-13)14-10-6-3-7-11-14/h2-11,15,18-19H,1H3/t15-/m0/s1. The minimum atomic E-state index is -1.73. The lowest BCUT2D eigenvalue weighted by molar-refractivity contribution is -0.137. The van der Waals surface area contributed by atoms with E-state index in [1.54, 1.807) is 48.5 Å². The molecule has 0 spiro atoms. The van der Waals surface area contributed by atoms with E-state index in [1.165, 1.54) is 6.92 Å². The van der Waals surface area contributed by atoms with Crippen LogP contribution >= 0.6 is 0 Å². The van der Waals surface area contributed by atoms with Crippen molar-refractivity contribution in [2.45, 2.75) is 18.6 Å². The van der Waals surface area contributed by atoms with E-state index >= 15 is 0 Å². The monoisotopic (exact) mass is 256 g/mol. The molecule has 0 saturated carbocycles. The smallest absolute Gasteiger partial charge is 0.161 e. The first-order valence-electron chi connectivity index (χ1n) is 6.08. The highest BCUT2D eigenvalue weighted by atomic mass is 16.3. The van der Waals surface area contributed by atoms with Gasteiger partial charge in [-0.2, -0.15) is 0 Å². The molecule has 0 aliphatic heterocycles. The predicted molar refractivity (Wildman–Crippen MR) is 72.6 cm³/mol. The zero-order valence-electron chi connectivity index (χ0n) is 10.7. The largest absolute Gasteiger partial charge is 0.382 e. The fraction of sp³-hybridized carbons (Fsp3) is 0.188. The summed E-state index contributed by atoms with van der Waals surface area (Å²) in [4.78, 5) is 11.5. The van der Waals surface area contributed by atoms with E-state index in [1.807, 2.05) is 12.1 Å². The van der Waals surface area contributed by atoms with Crippen LogP contribution in [0.25, 0.3) is 0 Å². The number of carbonyl (C=O) groups excluding carboxylic acids is 1. The summed E-state index contributed by atoms with van der Waals surface area (Å²) < 4.78 is 0. The van der Waals surface area contributed by atoms with Crippen LogP contribution in [0, 0.1) is 0 Å². The van der Waals surface area contributed by atoms with Gasteiger partial charge in [-0.1, -0.05) is 60.7 Å². The van der Waals surface area contributed by atoms with Crippen molar-refractivity contribution in [1.29, 1.82) is 0 Å². The second kappa shape index (κ2) is 5.34. The number of hydrogen-bond donors (Lipinski definition) is 2. The molecule has 0 fully saturated rings. The lowest BCUT2D eigenvalue weighted by Crippen LogP contribution is -2.44. The number of hydrogen-bond acceptors (Lipinski definition) is 3. The van der Waals surface area contributed by atoms with Crippen LogP contribution in [-0.2, 0) is 10.4 Å². The third-order valence-electron chi connectivity index (χ3n) is 3.21. The van der Waals surface area contributed by atoms with E-state index in [0.717, 1.165) is 0 Å². The van der Waals surface area contributed by atoms with E-state index in [4.69, 9.17) is 0 Å². The molecule has 0 saturated heterocycles. The summed E-state index contributed by atoms with van der Waals surface area (Å²) >= 11 is 0. The van der Waals surface area contributed by atoms with Crippen molar-refractivity contribution in [1.82, 2.24) is 0 Å². The fourth-order valence-corrected chi connectivity index (χ4v) is 2.16. The van der Waals surface area contributed by atoms with Crippen LogP contribution in [0.1, 0.15) is 18.1 Å². The van der Waals surface area contributed by atoms with Crippen molar-refractivity contribution in [3.05, 3.63) is 71.8 Å². The number of aliphatic hydroxyl groups excluding tert-OH is 1. The molecule has 0 radical (unpaired) electrons. The first-order valence-corrected chi connectivity index (χ1v) is 6.08. The normalized spacial score (nSPS) is 13.0. The van der Waals surface area contributed by atoms with Gasteiger partial charge in [0.2, 0.25) is 0 Å². The van der Waals surface area contributed by atoms with Crippen LogP contribution in [0.2, 0.25) is 0 Å². The second-order valence-electron chi connectivity index (χ2n) is 4.51. The maximum absolute atomic E-state index is 11.5. The van der Waals surface area contributed by atoms with Crippen molar-refractivity contribution in [2.24, 2.45) is 0 Å². The molecule has 0 aliphatic carbocycles. The van der Waals surface area contributed by atoms with Gasteiger partial charge in [0.1, 0.15) is 11.7 Å². The number of benzene rings is 2. The highest BCUT2D eigenvalue weighted by Gasteiger charge is 2.41. The van der Waals surface area contributed by atoms with E-state index in [-0.39, 0.29) is 0 Å². The van der Waals surface area contributed by atoms with Gasteiger partial charge in [-0.3, -0.25) is 4.79 Å². The number of rotatable bonds is 4. The zero-order chi connectivity index (χ0) is 13.9. The predicted octanol–water partition coefficient (Wildman–Crippen LogP) is 1.87. The number of ketones is 1. The summed E-state index contributed by atoms with van der Waals surface area (Å²) in [7, 11) is 0. The lowest BCUT2D eigenvalue weighted by atomic mass is 9.80. The Kier molecular flexibility index (Phi) is 3.79. The first kappa shape index (κ1) is 13.5. The molecule has 2 aromatic carbocycles. The zero-order valence-corrected chi connectivity index (χ0v) is 10.7. The summed E-state index contributed by atoms with van der Waals surface area (Å²) in [6, 6.07) is 17.4. The Labute approximate surface area is 112 Å². The van der Waals surface area contributed by atoms with Crippen molar-refractivity contribution < 1.29 is 15.0 Å². The molecule has 2 rings (SSSR count). The van der Waals surface area contributed by atoms with Crippen LogP contribution in [0.5, 0.6) is 0 Å². The fourth-order valence-electron chi connectivity index (χ4n) is 2.16. The molecule has 0 unspecified atom stereocenters. The average Bonchev–Trinajstić information content (AvgIpc) is 2.47. The van der Waals surface area contributed by atoms with Crippen LogP contribution in [-0.4, -0.2) is 22.1 Å². The molecule has 0 aromatic heterocycles. The van der Waals surface area contributed by atoms with Gasteiger partial charge >= 0.3 is 0 Å². The Hall–Kier alpha value is -1.97. The molecule has 0 heterocycles. The van der Waals surface area contributed by atoms with Crippen LogP contribution in [0.3, 0.4) is 0 Å². The third kappa shape index (κ3) is 2.43. The van der Waals surface area contributed by atoms with Crippen LogP contribution in [0.15, 0.2) is 60.7 Å². The minimum absolute atomic E-state index is 0.477. The van der Waals surface area contributed by atoms with Gasteiger partial charge in [0, 0.05) is 0 Å². The van der Waals surface area contributed by atoms with Gasteiger partial charge in [0.15, 0.2) is 5.78 Å². The average molecular weight is 256 g/mol. The summed E-state index contributed by atoms with van der Waals surface area (Å²) in [5, 5.41) is 21.1. The maximum atomic E-state index is 11.5. The molecule has 1 atom stereocenters. The van der Waals surface area contributed by atoms with E-state index in [0.29, 0.717) is 11.1 Å². The van der Waals surface area contributed by atoms with Crippen LogP contribution < -0.4 is 0 Å². The minimum Gasteiger partial charge on any atom is -0.382 e. The van der Waals surface area contributed by atoms with Gasteiger partial charge in [-0.15, -0.1) is 0 Å². The quantitative estimate of drug-likeness (QED) is 0.878. The topological polar surface area (TPSA) is 57.5 Å². The molecular formula is C16H16O3. The SMILES string of the molecule is CC(=O)[C@H](O)C(O)(c1ccccc1)c1ccccc1. The van der Waals surface area contributed by atoms with Crippen molar-refractivity contribution in [2.75, 3.05) is 0 Å². The Morgan fingerprint density at radius 2 is 1.32 bits per heavy atom. The third-order valence-corrected chi connectivity index (χ3v) is 3.21. The Morgan fingerprint density at radius 1 is 0.947 bits per heavy atom. The van der Waals surface area contributed by atoms with Crippen molar-refractivity contribution in [3.63, 3.8) is 0 Å². The number of carbonyl (C=O) groups is 1. The van der Waals surface area contributed by atoms with Gasteiger partial charge in [-0.05, 0) is 18.1 Å². The molecule has 0 amide bonds. The summed E-state index contributed by atoms with van der Waals surface area (Å²) in [6.45, 7) is 1.27. The molecule has 0 bridgehead atoms. The summed E-state index contributed by atoms with van der Waals surface area (Å²) in [5.41, 5.74) is -0.748. The summed E-state index contributed by atoms with van der Waals surface area (Å²) in [6.07, 6.45) is -1.50. The van der Waals surface area contributed by atoms with Gasteiger partial charge in [0.25, 0.3) is 0 Å². The molecule has 98 valence electrons. The maximum Gasteiger partial charge on any atom is 0.161 e. The molecule has 2 N–H and O–H groups in total. The second-order valence-corrected chi connectivity index (χ2v) is 4.51. The van der Waals surface area contributed by atoms with Crippen LogP contribution in [0.4, 0.5) is 0 Å². The Morgan fingerprint density at radius 3 is 1.63 bits per heavy atom. The van der Waals surface area contributed by atoms with E-state index < -0.39 is 17.5 Å². The molecule has 2 aromatic rings. The van der Waals surface area contributed by atoms with E-state index in [9.17, 15) is 15.0 Å². The lowest BCUT2D eigenvalue weighted by Gasteiger charge is -2.32. The summed E-state index contributed by atoms with van der Waals surface area (Å²) in [5.74, 6) is -0.477. The molecule has 0 aliphatic rings. The van der Waals surface area contributed by atoms with Gasteiger partial charge in [-0.25, -0.2) is 0 Å².